The van der Waals surface area contributed by atoms with E-state index in [0.717, 1.165) is 0 Å². The maximum absolute atomic E-state index is 2.27. The van der Waals surface area contributed by atoms with Gasteiger partial charge in [0.2, 0.25) is 0 Å². The molecule has 3 aromatic rings. The molecule has 0 nitrogen and oxygen atoms in total. The molecule has 23 heavy (non-hydrogen) atoms. The quantitative estimate of drug-likeness (QED) is 0.513. The van der Waals surface area contributed by atoms with E-state index >= 15 is 0 Å². The fourth-order valence-corrected chi connectivity index (χ4v) is 3.33. The van der Waals surface area contributed by atoms with Crippen molar-refractivity contribution < 1.29 is 0 Å². The van der Waals surface area contributed by atoms with Crippen LogP contribution in [0.1, 0.15) is 44.9 Å². The number of rotatable bonds is 3. The maximum Gasteiger partial charge on any atom is 0.0345 e. The van der Waals surface area contributed by atoms with Crippen LogP contribution in [0.15, 0.2) is 66.7 Å². The molecule has 0 heteroatoms. The smallest absolute Gasteiger partial charge is 0.0345 e. The highest BCUT2D eigenvalue weighted by molar-refractivity contribution is 5.49. The van der Waals surface area contributed by atoms with E-state index in [1.807, 2.05) is 0 Å². The van der Waals surface area contributed by atoms with Gasteiger partial charge in [-0.05, 0) is 55.5 Å². The number of benzene rings is 3. The van der Waals surface area contributed by atoms with E-state index in [1.165, 1.54) is 38.9 Å². The summed E-state index contributed by atoms with van der Waals surface area (Å²) in [7, 11) is 0. The highest BCUT2D eigenvalue weighted by Crippen LogP contribution is 2.35. The second-order valence-corrected chi connectivity index (χ2v) is 6.56. The Kier molecular flexibility index (Phi) is 4.34. The summed E-state index contributed by atoms with van der Waals surface area (Å²) in [5.74, 6) is 0.289. The molecule has 0 heterocycles. The molecule has 0 atom stereocenters. The Balaban J connectivity index is 2.21. The van der Waals surface area contributed by atoms with Gasteiger partial charge in [0.25, 0.3) is 0 Å². The minimum atomic E-state index is 0.289. The molecule has 0 aliphatic carbocycles. The van der Waals surface area contributed by atoms with Crippen LogP contribution in [-0.2, 0) is 0 Å². The predicted octanol–water partition coefficient (Wildman–Crippen LogP) is 6.10. The van der Waals surface area contributed by atoms with Crippen LogP contribution in [0.5, 0.6) is 0 Å². The van der Waals surface area contributed by atoms with Gasteiger partial charge in [0, 0.05) is 5.92 Å². The lowest BCUT2D eigenvalue weighted by Crippen LogP contribution is -2.07. The van der Waals surface area contributed by atoms with Crippen LogP contribution in [0.4, 0.5) is 0 Å². The largest absolute Gasteiger partial charge is 0.0617 e. The van der Waals surface area contributed by atoms with Crippen molar-refractivity contribution in [1.82, 2.24) is 0 Å². The summed E-state index contributed by atoms with van der Waals surface area (Å²) in [6, 6.07) is 24.5. The van der Waals surface area contributed by atoms with E-state index in [-0.39, 0.29) is 5.92 Å². The zero-order valence-electron chi connectivity index (χ0n) is 14.4. The molecule has 116 valence electrons. The molecule has 0 amide bonds. The van der Waals surface area contributed by atoms with Gasteiger partial charge >= 0.3 is 0 Å². The van der Waals surface area contributed by atoms with Crippen molar-refractivity contribution in [2.75, 3.05) is 0 Å². The average Bonchev–Trinajstić information content (AvgIpc) is 2.53. The molecule has 0 saturated carbocycles. The molecule has 0 aromatic heterocycles. The summed E-state index contributed by atoms with van der Waals surface area (Å²) >= 11 is 0. The van der Waals surface area contributed by atoms with Crippen molar-refractivity contribution in [3.63, 3.8) is 0 Å². The molecule has 0 aliphatic rings. The topological polar surface area (TPSA) is 0 Å². The Morgan fingerprint density at radius 3 is 1.30 bits per heavy atom. The van der Waals surface area contributed by atoms with Crippen LogP contribution in [0.2, 0.25) is 0 Å². The Labute approximate surface area is 139 Å². The van der Waals surface area contributed by atoms with Crippen molar-refractivity contribution in [2.24, 2.45) is 0 Å². The van der Waals surface area contributed by atoms with Crippen LogP contribution in [0.25, 0.3) is 0 Å². The third kappa shape index (κ3) is 3.22. The SMILES string of the molecule is Cc1ccc(C(c2ccc(C)cc2)c2c(C)cccc2C)cc1. The van der Waals surface area contributed by atoms with Crippen LogP contribution >= 0.6 is 0 Å². The third-order valence-corrected chi connectivity index (χ3v) is 4.65. The van der Waals surface area contributed by atoms with E-state index in [0.29, 0.717) is 0 Å². The van der Waals surface area contributed by atoms with Gasteiger partial charge in [0.15, 0.2) is 0 Å². The zero-order chi connectivity index (χ0) is 16.4. The van der Waals surface area contributed by atoms with E-state index in [1.54, 1.807) is 0 Å². The van der Waals surface area contributed by atoms with Gasteiger partial charge in [-0.15, -0.1) is 0 Å². The van der Waals surface area contributed by atoms with E-state index < -0.39 is 0 Å². The standard InChI is InChI=1S/C23H24/c1-16-8-12-20(13-9-16)23(21-14-10-17(2)11-15-21)22-18(3)6-5-7-19(22)4/h5-15,23H,1-4H3. The van der Waals surface area contributed by atoms with Gasteiger partial charge in [-0.1, -0.05) is 77.9 Å². The summed E-state index contributed by atoms with van der Waals surface area (Å²) in [6.45, 7) is 8.72. The van der Waals surface area contributed by atoms with Gasteiger partial charge in [0.1, 0.15) is 0 Å². The minimum Gasteiger partial charge on any atom is -0.0617 e. The monoisotopic (exact) mass is 300 g/mol. The molecule has 0 saturated heterocycles. The fraction of sp³-hybridized carbons (Fsp3) is 0.217. The highest BCUT2D eigenvalue weighted by atomic mass is 14.2. The molecule has 0 aliphatic heterocycles. The fourth-order valence-electron chi connectivity index (χ4n) is 3.33. The molecule has 0 fully saturated rings. The number of aryl methyl sites for hydroxylation is 4. The van der Waals surface area contributed by atoms with Crippen LogP contribution in [0, 0.1) is 27.7 Å². The first-order valence-corrected chi connectivity index (χ1v) is 8.25. The lowest BCUT2D eigenvalue weighted by atomic mass is 9.80. The Morgan fingerprint density at radius 1 is 0.522 bits per heavy atom. The predicted molar refractivity (Wildman–Crippen MR) is 99.2 cm³/mol. The van der Waals surface area contributed by atoms with E-state index in [2.05, 4.69) is 94.4 Å². The van der Waals surface area contributed by atoms with Crippen molar-refractivity contribution in [1.29, 1.82) is 0 Å². The van der Waals surface area contributed by atoms with Crippen LogP contribution < -0.4 is 0 Å². The summed E-state index contributed by atoms with van der Waals surface area (Å²) < 4.78 is 0. The summed E-state index contributed by atoms with van der Waals surface area (Å²) in [4.78, 5) is 0. The second kappa shape index (κ2) is 6.42. The first-order valence-electron chi connectivity index (χ1n) is 8.25. The Bertz CT molecular complexity index is 727. The first kappa shape index (κ1) is 15.6. The van der Waals surface area contributed by atoms with E-state index in [4.69, 9.17) is 0 Å². The summed E-state index contributed by atoms with van der Waals surface area (Å²) in [6.07, 6.45) is 0. The van der Waals surface area contributed by atoms with Crippen molar-refractivity contribution >= 4 is 0 Å². The Hall–Kier alpha value is -2.34. The average molecular weight is 300 g/mol. The third-order valence-electron chi connectivity index (χ3n) is 4.65. The normalized spacial score (nSPS) is 11.0. The molecule has 0 spiro atoms. The van der Waals surface area contributed by atoms with Crippen LogP contribution in [0.3, 0.4) is 0 Å². The second-order valence-electron chi connectivity index (χ2n) is 6.56. The van der Waals surface area contributed by atoms with Crippen molar-refractivity contribution in [3.8, 4) is 0 Å². The lowest BCUT2D eigenvalue weighted by Gasteiger charge is -2.23. The molecular weight excluding hydrogens is 276 g/mol. The molecule has 0 unspecified atom stereocenters. The molecule has 3 aromatic carbocycles. The molecular formula is C23H24. The van der Waals surface area contributed by atoms with E-state index in [9.17, 15) is 0 Å². The lowest BCUT2D eigenvalue weighted by molar-refractivity contribution is 0.945. The Morgan fingerprint density at radius 2 is 0.913 bits per heavy atom. The minimum absolute atomic E-state index is 0.289. The molecule has 0 radical (unpaired) electrons. The van der Waals surface area contributed by atoms with Crippen molar-refractivity contribution in [3.05, 3.63) is 106 Å². The van der Waals surface area contributed by atoms with Gasteiger partial charge < -0.3 is 0 Å². The number of hydrogen-bond acceptors (Lipinski definition) is 0. The number of hydrogen-bond donors (Lipinski definition) is 0. The zero-order valence-corrected chi connectivity index (χ0v) is 14.4. The maximum atomic E-state index is 2.27. The van der Waals surface area contributed by atoms with Gasteiger partial charge in [-0.3, -0.25) is 0 Å². The van der Waals surface area contributed by atoms with Crippen LogP contribution in [-0.4, -0.2) is 0 Å². The molecule has 0 bridgehead atoms. The highest BCUT2D eigenvalue weighted by Gasteiger charge is 2.20. The molecule has 0 N–H and O–H groups in total. The molecule has 3 rings (SSSR count). The summed E-state index contributed by atoms with van der Waals surface area (Å²) in [5, 5.41) is 0. The van der Waals surface area contributed by atoms with Gasteiger partial charge in [-0.25, -0.2) is 0 Å². The van der Waals surface area contributed by atoms with Crippen molar-refractivity contribution in [2.45, 2.75) is 33.6 Å². The summed E-state index contributed by atoms with van der Waals surface area (Å²) in [5.41, 5.74) is 9.47. The first-order chi connectivity index (χ1) is 11.1. The van der Waals surface area contributed by atoms with Gasteiger partial charge in [-0.2, -0.15) is 0 Å². The van der Waals surface area contributed by atoms with Gasteiger partial charge in [0.05, 0.1) is 0 Å².